The van der Waals surface area contributed by atoms with Gasteiger partial charge in [0.05, 0.1) is 30.9 Å². The first-order valence-corrected chi connectivity index (χ1v) is 9.41. The second-order valence-corrected chi connectivity index (χ2v) is 7.61. The molecule has 136 valence electrons. The molecule has 0 saturated carbocycles. The number of thiazole rings is 1. The zero-order valence-corrected chi connectivity index (χ0v) is 16.5. The molecule has 6 heteroatoms. The molecule has 2 rings (SSSR count). The standard InChI is InChI=1S/C19H28N4OS/c1-6-20-18(21-11-14-9-7-8-10-16(14)24-5)22-12-15-13-25-17(23-15)19(2,3)4/h7-10,13H,6,11-12H2,1-5H3,(H2,20,21,22). The van der Waals surface area contributed by atoms with Gasteiger partial charge in [-0.15, -0.1) is 11.3 Å². The van der Waals surface area contributed by atoms with Crippen molar-refractivity contribution in [2.75, 3.05) is 13.7 Å². The van der Waals surface area contributed by atoms with Gasteiger partial charge in [0, 0.05) is 22.9 Å². The van der Waals surface area contributed by atoms with Gasteiger partial charge in [-0.1, -0.05) is 39.0 Å². The van der Waals surface area contributed by atoms with E-state index in [1.807, 2.05) is 24.3 Å². The van der Waals surface area contributed by atoms with Gasteiger partial charge in [0.25, 0.3) is 0 Å². The number of nitrogens with one attached hydrogen (secondary N) is 2. The molecule has 25 heavy (non-hydrogen) atoms. The van der Waals surface area contributed by atoms with Crippen LogP contribution in [0.15, 0.2) is 34.6 Å². The Bertz CT molecular complexity index is 703. The molecule has 2 aromatic rings. The van der Waals surface area contributed by atoms with Crippen molar-refractivity contribution in [2.24, 2.45) is 4.99 Å². The van der Waals surface area contributed by atoms with Crippen molar-refractivity contribution < 1.29 is 4.74 Å². The van der Waals surface area contributed by atoms with Crippen LogP contribution in [0.3, 0.4) is 0 Å². The Kier molecular flexibility index (Phi) is 6.82. The van der Waals surface area contributed by atoms with Crippen molar-refractivity contribution in [1.82, 2.24) is 15.6 Å². The molecule has 0 amide bonds. The lowest BCUT2D eigenvalue weighted by atomic mass is 9.98. The van der Waals surface area contributed by atoms with Crippen LogP contribution >= 0.6 is 11.3 Å². The molecule has 1 aromatic heterocycles. The van der Waals surface area contributed by atoms with Gasteiger partial charge < -0.3 is 15.4 Å². The lowest BCUT2D eigenvalue weighted by Gasteiger charge is -2.14. The third-order valence-electron chi connectivity index (χ3n) is 3.57. The van der Waals surface area contributed by atoms with E-state index in [4.69, 9.17) is 9.72 Å². The second kappa shape index (κ2) is 8.85. The predicted molar refractivity (Wildman–Crippen MR) is 105 cm³/mol. The van der Waals surface area contributed by atoms with Gasteiger partial charge in [-0.3, -0.25) is 0 Å². The van der Waals surface area contributed by atoms with Gasteiger partial charge in [-0.2, -0.15) is 0 Å². The monoisotopic (exact) mass is 360 g/mol. The summed E-state index contributed by atoms with van der Waals surface area (Å²) in [6.07, 6.45) is 0. The van der Waals surface area contributed by atoms with E-state index in [9.17, 15) is 0 Å². The number of aliphatic imine (C=N–C) groups is 1. The molecule has 0 fully saturated rings. The fourth-order valence-electron chi connectivity index (χ4n) is 2.25. The lowest BCUT2D eigenvalue weighted by molar-refractivity contribution is 0.410. The van der Waals surface area contributed by atoms with E-state index in [-0.39, 0.29) is 5.41 Å². The molecule has 0 aliphatic heterocycles. The molecule has 0 bridgehead atoms. The minimum Gasteiger partial charge on any atom is -0.496 e. The third-order valence-corrected chi connectivity index (χ3v) is 4.89. The largest absolute Gasteiger partial charge is 0.496 e. The Labute approximate surface area is 154 Å². The fourth-order valence-corrected chi connectivity index (χ4v) is 3.15. The SMILES string of the molecule is CCNC(=NCc1ccccc1OC)NCc1csc(C(C)(C)C)n1. The highest BCUT2D eigenvalue weighted by Crippen LogP contribution is 2.25. The zero-order chi connectivity index (χ0) is 18.3. The number of rotatable bonds is 6. The minimum atomic E-state index is 0.0887. The smallest absolute Gasteiger partial charge is 0.191 e. The number of methoxy groups -OCH3 is 1. The van der Waals surface area contributed by atoms with Crippen LogP contribution in [0.2, 0.25) is 0 Å². The molecule has 0 unspecified atom stereocenters. The molecule has 5 nitrogen and oxygen atoms in total. The number of benzene rings is 1. The number of hydrogen-bond acceptors (Lipinski definition) is 4. The van der Waals surface area contributed by atoms with Gasteiger partial charge in [0.1, 0.15) is 5.75 Å². The maximum absolute atomic E-state index is 5.38. The summed E-state index contributed by atoms with van der Waals surface area (Å²) in [4.78, 5) is 9.37. The molecular weight excluding hydrogens is 332 g/mol. The Morgan fingerprint density at radius 2 is 2.00 bits per heavy atom. The molecule has 0 spiro atoms. The average molecular weight is 361 g/mol. The first-order valence-electron chi connectivity index (χ1n) is 8.53. The molecule has 1 aromatic carbocycles. The molecule has 1 heterocycles. The van der Waals surface area contributed by atoms with E-state index in [0.29, 0.717) is 13.1 Å². The number of ether oxygens (including phenoxy) is 1. The normalized spacial score (nSPS) is 12.1. The molecule has 0 saturated heterocycles. The zero-order valence-electron chi connectivity index (χ0n) is 15.7. The summed E-state index contributed by atoms with van der Waals surface area (Å²) >= 11 is 1.71. The maximum Gasteiger partial charge on any atom is 0.191 e. The Morgan fingerprint density at radius 3 is 2.64 bits per heavy atom. The van der Waals surface area contributed by atoms with E-state index >= 15 is 0 Å². The number of para-hydroxylation sites is 1. The van der Waals surface area contributed by atoms with Crippen LogP contribution in [0, 0.1) is 0 Å². The van der Waals surface area contributed by atoms with E-state index in [1.165, 1.54) is 0 Å². The van der Waals surface area contributed by atoms with Crippen molar-refractivity contribution in [2.45, 2.75) is 46.2 Å². The Morgan fingerprint density at radius 1 is 1.24 bits per heavy atom. The van der Waals surface area contributed by atoms with Gasteiger partial charge in [0.15, 0.2) is 5.96 Å². The van der Waals surface area contributed by atoms with Crippen LogP contribution in [0.5, 0.6) is 5.75 Å². The van der Waals surface area contributed by atoms with Crippen LogP contribution in [0.1, 0.15) is 44.0 Å². The Hall–Kier alpha value is -2.08. The summed E-state index contributed by atoms with van der Waals surface area (Å²) in [7, 11) is 1.68. The van der Waals surface area contributed by atoms with Gasteiger partial charge >= 0.3 is 0 Å². The summed E-state index contributed by atoms with van der Waals surface area (Å²) in [6, 6.07) is 7.94. The minimum absolute atomic E-state index is 0.0887. The summed E-state index contributed by atoms with van der Waals surface area (Å²) in [6.45, 7) is 10.6. The summed E-state index contributed by atoms with van der Waals surface area (Å²) in [5.74, 6) is 1.63. The lowest BCUT2D eigenvalue weighted by Crippen LogP contribution is -2.36. The Balaban J connectivity index is 2.01. The molecule has 0 atom stereocenters. The summed E-state index contributed by atoms with van der Waals surface area (Å²) in [5, 5.41) is 9.88. The third kappa shape index (κ3) is 5.74. The number of aromatic nitrogens is 1. The average Bonchev–Trinajstić information content (AvgIpc) is 3.07. The quantitative estimate of drug-likeness (QED) is 0.609. The predicted octanol–water partition coefficient (Wildman–Crippen LogP) is 3.70. The van der Waals surface area contributed by atoms with Crippen molar-refractivity contribution in [3.63, 3.8) is 0 Å². The van der Waals surface area contributed by atoms with Crippen molar-refractivity contribution in [1.29, 1.82) is 0 Å². The van der Waals surface area contributed by atoms with E-state index in [0.717, 1.165) is 34.5 Å². The highest BCUT2D eigenvalue weighted by atomic mass is 32.1. The first kappa shape index (κ1) is 19.2. The van der Waals surface area contributed by atoms with Crippen molar-refractivity contribution in [3.05, 3.63) is 45.9 Å². The fraction of sp³-hybridized carbons (Fsp3) is 0.474. The number of hydrogen-bond donors (Lipinski definition) is 2. The van der Waals surface area contributed by atoms with Gasteiger partial charge in [-0.05, 0) is 13.0 Å². The van der Waals surface area contributed by atoms with Crippen LogP contribution in [0.25, 0.3) is 0 Å². The number of guanidine groups is 1. The van der Waals surface area contributed by atoms with E-state index in [2.05, 4.69) is 48.7 Å². The topological polar surface area (TPSA) is 58.5 Å². The molecule has 2 N–H and O–H groups in total. The highest BCUT2D eigenvalue weighted by molar-refractivity contribution is 7.09. The van der Waals surface area contributed by atoms with E-state index < -0.39 is 0 Å². The molecule has 0 aliphatic rings. The van der Waals surface area contributed by atoms with Crippen molar-refractivity contribution in [3.8, 4) is 5.75 Å². The molecule has 0 aliphatic carbocycles. The van der Waals surface area contributed by atoms with Crippen LogP contribution in [0.4, 0.5) is 0 Å². The number of nitrogens with zero attached hydrogens (tertiary/aromatic N) is 2. The second-order valence-electron chi connectivity index (χ2n) is 6.75. The summed E-state index contributed by atoms with van der Waals surface area (Å²) < 4.78 is 5.38. The van der Waals surface area contributed by atoms with Crippen molar-refractivity contribution >= 4 is 17.3 Å². The highest BCUT2D eigenvalue weighted by Gasteiger charge is 2.17. The van der Waals surface area contributed by atoms with Gasteiger partial charge in [-0.25, -0.2) is 9.98 Å². The van der Waals surface area contributed by atoms with E-state index in [1.54, 1.807) is 18.4 Å². The molecular formula is C19H28N4OS. The van der Waals surface area contributed by atoms with Crippen LogP contribution < -0.4 is 15.4 Å². The van der Waals surface area contributed by atoms with Crippen LogP contribution in [-0.2, 0) is 18.5 Å². The maximum atomic E-state index is 5.38. The first-order chi connectivity index (χ1) is 11.9. The molecule has 0 radical (unpaired) electrons. The van der Waals surface area contributed by atoms with Crippen LogP contribution in [-0.4, -0.2) is 24.6 Å². The van der Waals surface area contributed by atoms with Gasteiger partial charge in [0.2, 0.25) is 0 Å². The summed E-state index contributed by atoms with van der Waals surface area (Å²) in [5.41, 5.74) is 2.19.